The third-order valence-corrected chi connectivity index (χ3v) is 11.3. The number of rotatable bonds is 15. The second-order valence-electron chi connectivity index (χ2n) is 10.5. The lowest BCUT2D eigenvalue weighted by Gasteiger charge is -2.39. The van der Waals surface area contributed by atoms with E-state index in [1.165, 1.54) is 37.6 Å². The van der Waals surface area contributed by atoms with Crippen molar-refractivity contribution in [3.8, 4) is 0 Å². The van der Waals surface area contributed by atoms with Crippen LogP contribution < -0.4 is 5.32 Å². The zero-order valence-electron chi connectivity index (χ0n) is 24.9. The first kappa shape index (κ1) is 37.9. The third-order valence-electron chi connectivity index (χ3n) is 6.76. The Hall–Kier alpha value is -1.30. The van der Waals surface area contributed by atoms with Crippen LogP contribution in [0.2, 0.25) is 0 Å². The van der Waals surface area contributed by atoms with E-state index in [0.717, 1.165) is 18.2 Å². The molecule has 0 spiro atoms. The molecule has 0 bridgehead atoms. The van der Waals surface area contributed by atoms with Gasteiger partial charge in [0.1, 0.15) is 12.2 Å². The van der Waals surface area contributed by atoms with E-state index in [-0.39, 0.29) is 16.1 Å². The zero-order chi connectivity index (χ0) is 32.6. The van der Waals surface area contributed by atoms with Gasteiger partial charge in [0.05, 0.1) is 29.2 Å². The summed E-state index contributed by atoms with van der Waals surface area (Å²) >= 11 is 2.91. The summed E-state index contributed by atoms with van der Waals surface area (Å²) in [4.78, 5) is 12.2. The number of carbonyl (C=O) groups is 1. The average molecular weight is 692 g/mol. The Kier molecular flexibility index (Phi) is 14.4. The van der Waals surface area contributed by atoms with Gasteiger partial charge in [0.15, 0.2) is 0 Å². The number of methoxy groups -OCH3 is 1. The summed E-state index contributed by atoms with van der Waals surface area (Å²) in [5.74, 6) is -2.08. The molecule has 1 saturated heterocycles. The van der Waals surface area contributed by atoms with Crippen LogP contribution in [0.4, 0.5) is 13.2 Å². The number of amides is 1. The van der Waals surface area contributed by atoms with E-state index in [4.69, 9.17) is 13.1 Å². The molecule has 246 valence electrons. The number of thioether (sulfide) groups is 2. The molecule has 1 aromatic rings. The molecule has 1 N–H and O–H groups in total. The molecule has 1 amide bonds. The largest absolute Gasteiger partial charge is 0.471 e. The molecule has 0 aliphatic carbocycles. The molecular weight excluding hydrogens is 652 g/mol. The fourth-order valence-electron chi connectivity index (χ4n) is 4.75. The van der Waals surface area contributed by atoms with Crippen LogP contribution in [-0.4, -0.2) is 89.0 Å². The minimum atomic E-state index is -5.30. The molecule has 0 unspecified atom stereocenters. The van der Waals surface area contributed by atoms with Gasteiger partial charge < -0.3 is 10.1 Å². The number of alkyl halides is 3. The minimum Gasteiger partial charge on any atom is -0.381 e. The minimum absolute atomic E-state index is 0.170. The van der Waals surface area contributed by atoms with Crippen molar-refractivity contribution in [1.82, 2.24) is 5.32 Å². The van der Waals surface area contributed by atoms with Crippen LogP contribution in [0.15, 0.2) is 42.0 Å². The Morgan fingerprint density at radius 2 is 1.60 bits per heavy atom. The van der Waals surface area contributed by atoms with Gasteiger partial charge >= 0.3 is 12.1 Å². The van der Waals surface area contributed by atoms with Gasteiger partial charge in [0.2, 0.25) is 0 Å². The number of nitrogens with one attached hydrogen (secondary N) is 1. The first-order valence-electron chi connectivity index (χ1n) is 13.4. The van der Waals surface area contributed by atoms with Gasteiger partial charge in [-0.15, -0.1) is 23.5 Å². The Bertz CT molecular complexity index is 1290. The first-order valence-corrected chi connectivity index (χ1v) is 19.2. The Labute approximate surface area is 261 Å². The van der Waals surface area contributed by atoms with Crippen molar-refractivity contribution in [1.29, 1.82) is 0 Å². The third kappa shape index (κ3) is 12.9. The maximum atomic E-state index is 13.5. The van der Waals surface area contributed by atoms with Gasteiger partial charge in [-0.1, -0.05) is 50.3 Å². The fourth-order valence-corrected chi connectivity index (χ4v) is 9.19. The Morgan fingerprint density at radius 3 is 2.09 bits per heavy atom. The van der Waals surface area contributed by atoms with Crippen molar-refractivity contribution in [3.05, 3.63) is 47.5 Å². The van der Waals surface area contributed by atoms with Gasteiger partial charge in [-0.25, -0.2) is 0 Å². The van der Waals surface area contributed by atoms with Crippen LogP contribution in [0.3, 0.4) is 0 Å². The average Bonchev–Trinajstić information content (AvgIpc) is 2.91. The SMILES string of the molecule is CO[C@@H](Cc1ccccc1)[C@@H](C)/C=C(\C)[C@@H](OS(C)(=O)=O)[C@@H](OS(C)(=O)=O)[C@H](NC(=O)C(F)(F)F)[C@H](C)C1SCCCS1. The van der Waals surface area contributed by atoms with E-state index in [1.54, 1.807) is 19.9 Å². The predicted molar refractivity (Wildman–Crippen MR) is 164 cm³/mol. The van der Waals surface area contributed by atoms with Gasteiger partial charge in [0, 0.05) is 18.9 Å². The molecule has 1 aliphatic heterocycles. The van der Waals surface area contributed by atoms with Crippen LogP contribution in [0.25, 0.3) is 0 Å². The van der Waals surface area contributed by atoms with Crippen molar-refractivity contribution in [2.45, 2.75) is 68.7 Å². The van der Waals surface area contributed by atoms with Crippen molar-refractivity contribution < 1.29 is 47.9 Å². The highest BCUT2D eigenvalue weighted by Crippen LogP contribution is 2.39. The predicted octanol–water partition coefficient (Wildman–Crippen LogP) is 4.40. The van der Waals surface area contributed by atoms with Crippen LogP contribution in [0, 0.1) is 11.8 Å². The second kappa shape index (κ2) is 16.3. The molecule has 6 atom stereocenters. The highest BCUT2D eigenvalue weighted by atomic mass is 32.2. The summed E-state index contributed by atoms with van der Waals surface area (Å²) in [6.07, 6.45) is -4.88. The van der Waals surface area contributed by atoms with Crippen molar-refractivity contribution >= 4 is 49.7 Å². The molecule has 0 aromatic heterocycles. The summed E-state index contributed by atoms with van der Waals surface area (Å²) in [5.41, 5.74) is 1.14. The summed E-state index contributed by atoms with van der Waals surface area (Å²) < 4.78 is 106. The number of ether oxygens (including phenoxy) is 1. The number of hydrogen-bond donors (Lipinski definition) is 1. The number of halogens is 3. The van der Waals surface area contributed by atoms with E-state index in [1.807, 2.05) is 35.6 Å². The molecule has 1 aliphatic rings. The van der Waals surface area contributed by atoms with E-state index in [9.17, 15) is 34.8 Å². The lowest BCUT2D eigenvalue weighted by Crippen LogP contribution is -2.58. The highest BCUT2D eigenvalue weighted by Gasteiger charge is 2.47. The lowest BCUT2D eigenvalue weighted by atomic mass is 9.89. The number of benzene rings is 1. The molecule has 9 nitrogen and oxygen atoms in total. The molecule has 1 heterocycles. The van der Waals surface area contributed by atoms with E-state index < -0.39 is 62.6 Å². The van der Waals surface area contributed by atoms with Crippen LogP contribution in [0.1, 0.15) is 32.8 Å². The summed E-state index contributed by atoms with van der Waals surface area (Å²) in [6, 6.07) is 7.83. The molecule has 43 heavy (non-hydrogen) atoms. The molecule has 2 rings (SSSR count). The van der Waals surface area contributed by atoms with Crippen LogP contribution >= 0.6 is 23.5 Å². The van der Waals surface area contributed by atoms with E-state index in [2.05, 4.69) is 0 Å². The van der Waals surface area contributed by atoms with Gasteiger partial charge in [0.25, 0.3) is 20.2 Å². The zero-order valence-corrected chi connectivity index (χ0v) is 28.1. The topological polar surface area (TPSA) is 125 Å². The highest BCUT2D eigenvalue weighted by molar-refractivity contribution is 8.17. The van der Waals surface area contributed by atoms with Crippen LogP contribution in [-0.2, 0) is 44.6 Å². The normalized spacial score (nSPS) is 20.1. The van der Waals surface area contributed by atoms with Crippen molar-refractivity contribution in [2.75, 3.05) is 31.1 Å². The maximum absolute atomic E-state index is 13.5. The van der Waals surface area contributed by atoms with E-state index in [0.29, 0.717) is 24.2 Å². The molecule has 0 saturated carbocycles. The molecule has 1 aromatic carbocycles. The van der Waals surface area contributed by atoms with Gasteiger partial charge in [-0.2, -0.15) is 30.0 Å². The van der Waals surface area contributed by atoms with Crippen LogP contribution in [0.5, 0.6) is 0 Å². The van der Waals surface area contributed by atoms with Gasteiger partial charge in [-0.3, -0.25) is 13.2 Å². The molecule has 1 fully saturated rings. The van der Waals surface area contributed by atoms with Gasteiger partial charge in [-0.05, 0) is 42.4 Å². The first-order chi connectivity index (χ1) is 19.8. The monoisotopic (exact) mass is 691 g/mol. The quantitative estimate of drug-likeness (QED) is 0.209. The summed E-state index contributed by atoms with van der Waals surface area (Å²) in [5, 5.41) is 1.91. The lowest BCUT2D eigenvalue weighted by molar-refractivity contribution is -0.175. The number of hydrogen-bond acceptors (Lipinski definition) is 10. The number of carbonyl (C=O) groups excluding carboxylic acids is 1. The summed E-state index contributed by atoms with van der Waals surface area (Å²) in [6.45, 7) is 4.83. The van der Waals surface area contributed by atoms with Crippen molar-refractivity contribution in [3.63, 3.8) is 0 Å². The molecule has 16 heteroatoms. The summed E-state index contributed by atoms with van der Waals surface area (Å²) in [7, 11) is -7.20. The smallest absolute Gasteiger partial charge is 0.381 e. The standard InChI is InChI=1S/C27H40F3NO8S4/c1-17(21(37-4)16-20-11-8-7-9-12-20)15-18(2)23(38-42(5,33)34)24(39-43(6,35)36)22(31-26(32)27(28,29)30)19(3)25-40-13-10-14-41-25/h7-9,11-12,15,17,19,21-25H,10,13-14,16H2,1-6H3,(H,31,32)/b18-15+/t17-,19-,21-,22+,23+,24-/m0/s1. The van der Waals surface area contributed by atoms with Crippen molar-refractivity contribution in [2.24, 2.45) is 11.8 Å². The molecular formula is C27H40F3NO8S4. The second-order valence-corrected chi connectivity index (χ2v) is 16.5. The Morgan fingerprint density at radius 1 is 1.05 bits per heavy atom. The van der Waals surface area contributed by atoms with E-state index >= 15 is 0 Å². The maximum Gasteiger partial charge on any atom is 0.471 e. The Balaban J connectivity index is 2.63. The molecule has 0 radical (unpaired) electrons. The fraction of sp³-hybridized carbons (Fsp3) is 0.667.